The predicted molar refractivity (Wildman–Crippen MR) is 153 cm³/mol. The molecule has 0 fully saturated rings. The summed E-state index contributed by atoms with van der Waals surface area (Å²) in [4.78, 5) is 16.2. The van der Waals surface area contributed by atoms with E-state index in [1.165, 1.54) is 24.3 Å². The second-order valence-electron chi connectivity index (χ2n) is 7.67. The van der Waals surface area contributed by atoms with E-state index in [2.05, 4.69) is 64.9 Å². The van der Waals surface area contributed by atoms with Gasteiger partial charge in [0, 0.05) is 35.8 Å². The highest BCUT2D eigenvalue weighted by Gasteiger charge is 2.17. The number of aromatic nitrogens is 4. The van der Waals surface area contributed by atoms with E-state index in [4.69, 9.17) is 20.8 Å². The van der Waals surface area contributed by atoms with E-state index in [0.717, 1.165) is 18.1 Å². The lowest BCUT2D eigenvalue weighted by Crippen LogP contribution is -2.18. The second-order valence-corrected chi connectivity index (χ2v) is 12.2. The molecule has 2 aromatic heterocycles. The molecule has 0 atom stereocenters. The zero-order chi connectivity index (χ0) is 32.2. The van der Waals surface area contributed by atoms with Crippen LogP contribution in [0.4, 0.5) is 40.9 Å². The number of azo groups is 1. The summed E-state index contributed by atoms with van der Waals surface area (Å²) in [5.74, 6) is -0.489. The van der Waals surface area contributed by atoms with E-state index in [0.29, 0.717) is 12.0 Å². The standard InChI is InChI=1S/C18H22N10O12S4/c19-15-11(27-28-12-9-10(42-40-38-30)1-3-13(12)44(34,35)36)2-4-14(22-15)23-18-25-16(20-5-7-41-39-37-29)24-17(26-18)21-6-8-43(31,32)33/h1-4,9,29-30H,5-8H2,(H,31,32,33)(H,34,35,36)(H5,19,20,21,22,23,24,25,26)/b28-27+. The summed E-state index contributed by atoms with van der Waals surface area (Å²) in [6, 6.07) is 6.23. The van der Waals surface area contributed by atoms with Gasteiger partial charge in [-0.3, -0.25) is 9.11 Å². The minimum Gasteiger partial charge on any atom is -0.382 e. The minimum absolute atomic E-state index is 0.00184. The van der Waals surface area contributed by atoms with Crippen LogP contribution in [0.1, 0.15) is 0 Å². The van der Waals surface area contributed by atoms with Crippen molar-refractivity contribution >= 4 is 85.2 Å². The van der Waals surface area contributed by atoms with Gasteiger partial charge in [-0.2, -0.15) is 31.8 Å². The molecule has 0 saturated carbocycles. The van der Waals surface area contributed by atoms with Gasteiger partial charge in [0.25, 0.3) is 20.2 Å². The number of hydrogen-bond donors (Lipinski definition) is 8. The molecule has 9 N–H and O–H groups in total. The molecule has 0 bridgehead atoms. The van der Waals surface area contributed by atoms with Crippen molar-refractivity contribution in [2.75, 3.05) is 46.3 Å². The van der Waals surface area contributed by atoms with Crippen LogP contribution in [0.5, 0.6) is 0 Å². The smallest absolute Gasteiger partial charge is 0.296 e. The Hall–Kier alpha value is -3.54. The number of nitrogens with two attached hydrogens (primary N) is 1. The topological polar surface area (TPSA) is 325 Å². The van der Waals surface area contributed by atoms with Gasteiger partial charge in [-0.1, -0.05) is 10.1 Å². The quantitative estimate of drug-likeness (QED) is 0.0236. The van der Waals surface area contributed by atoms with E-state index in [1.807, 2.05) is 0 Å². The average molecular weight is 699 g/mol. The van der Waals surface area contributed by atoms with Crippen molar-refractivity contribution in [3.63, 3.8) is 0 Å². The number of benzene rings is 1. The van der Waals surface area contributed by atoms with E-state index < -0.39 is 30.9 Å². The third kappa shape index (κ3) is 11.9. The predicted octanol–water partition coefficient (Wildman–Crippen LogP) is 2.46. The van der Waals surface area contributed by atoms with Gasteiger partial charge >= 0.3 is 0 Å². The van der Waals surface area contributed by atoms with Crippen molar-refractivity contribution in [3.8, 4) is 0 Å². The summed E-state index contributed by atoms with van der Waals surface area (Å²) < 4.78 is 72.6. The van der Waals surface area contributed by atoms with Crippen LogP contribution in [0.15, 0.2) is 50.4 Å². The molecule has 44 heavy (non-hydrogen) atoms. The van der Waals surface area contributed by atoms with Gasteiger partial charge in [0.2, 0.25) is 17.8 Å². The van der Waals surface area contributed by atoms with Gasteiger partial charge in [-0.05, 0) is 30.3 Å². The molecule has 0 aliphatic heterocycles. The fourth-order valence-electron chi connectivity index (χ4n) is 2.89. The normalized spacial score (nSPS) is 12.0. The lowest BCUT2D eigenvalue weighted by molar-refractivity contribution is -0.432. The zero-order valence-electron chi connectivity index (χ0n) is 21.7. The maximum Gasteiger partial charge on any atom is 0.296 e. The number of pyridine rings is 1. The summed E-state index contributed by atoms with van der Waals surface area (Å²) in [7, 11) is -8.94. The Bertz CT molecular complexity index is 1670. The molecule has 0 spiro atoms. The van der Waals surface area contributed by atoms with E-state index in [9.17, 15) is 21.4 Å². The van der Waals surface area contributed by atoms with Crippen molar-refractivity contribution in [2.24, 2.45) is 10.2 Å². The molecule has 0 saturated heterocycles. The number of anilines is 5. The molecule has 0 unspecified atom stereocenters. The summed E-state index contributed by atoms with van der Waals surface area (Å²) in [5.41, 5.74) is 5.69. The number of nitrogens with one attached hydrogen (secondary N) is 3. The van der Waals surface area contributed by atoms with Crippen LogP contribution in [0.2, 0.25) is 0 Å². The molecule has 26 heteroatoms. The molecule has 3 aromatic rings. The Kier molecular flexibility index (Phi) is 13.1. The van der Waals surface area contributed by atoms with Crippen molar-refractivity contribution in [1.82, 2.24) is 19.9 Å². The molecule has 2 heterocycles. The molecule has 22 nitrogen and oxygen atoms in total. The zero-order valence-corrected chi connectivity index (χ0v) is 24.9. The van der Waals surface area contributed by atoms with E-state index in [1.54, 1.807) is 0 Å². The Morgan fingerprint density at radius 1 is 0.841 bits per heavy atom. The van der Waals surface area contributed by atoms with Crippen molar-refractivity contribution in [3.05, 3.63) is 30.3 Å². The third-order valence-corrected chi connectivity index (χ3v) is 7.33. The molecule has 0 aliphatic carbocycles. The first kappa shape index (κ1) is 34.9. The Balaban J connectivity index is 1.81. The third-order valence-electron chi connectivity index (χ3n) is 4.60. The monoisotopic (exact) mass is 698 g/mol. The first-order chi connectivity index (χ1) is 20.9. The van der Waals surface area contributed by atoms with Crippen LogP contribution >= 0.6 is 24.1 Å². The van der Waals surface area contributed by atoms with Gasteiger partial charge < -0.3 is 21.7 Å². The number of nitrogens with zero attached hydrogens (tertiary/aromatic N) is 6. The molecular formula is C18H22N10O12S4. The lowest BCUT2D eigenvalue weighted by atomic mass is 10.3. The molecule has 0 amide bonds. The summed E-state index contributed by atoms with van der Waals surface area (Å²) in [6.45, 7) is 0.00323. The maximum atomic E-state index is 11.7. The number of rotatable bonds is 18. The molecular weight excluding hydrogens is 677 g/mol. The van der Waals surface area contributed by atoms with E-state index >= 15 is 0 Å². The summed E-state index contributed by atoms with van der Waals surface area (Å²) in [5, 5.41) is 39.5. The largest absolute Gasteiger partial charge is 0.382 e. The van der Waals surface area contributed by atoms with Crippen molar-refractivity contribution in [1.29, 1.82) is 0 Å². The molecule has 3 rings (SSSR count). The molecule has 240 valence electrons. The highest BCUT2D eigenvalue weighted by atomic mass is 32.2. The Morgan fingerprint density at radius 3 is 2.14 bits per heavy atom. The van der Waals surface area contributed by atoms with Gasteiger partial charge in [-0.15, -0.1) is 18.9 Å². The van der Waals surface area contributed by atoms with Crippen LogP contribution in [-0.4, -0.2) is 81.0 Å². The molecule has 0 radical (unpaired) electrons. The summed E-state index contributed by atoms with van der Waals surface area (Å²) >= 11 is 1.29. The Morgan fingerprint density at radius 2 is 1.50 bits per heavy atom. The number of hydrogen-bond acceptors (Lipinski definition) is 22. The average Bonchev–Trinajstić information content (AvgIpc) is 2.94. The number of nitrogen functional groups attached to an aromatic ring is 1. The molecule has 1 aromatic carbocycles. The van der Waals surface area contributed by atoms with Crippen LogP contribution in [0.3, 0.4) is 0 Å². The SMILES string of the molecule is Nc1nc(Nc2nc(NCCSOOO)nc(NCCS(=O)(=O)O)n2)ccc1/N=N/c1cc(SOOO)ccc1S(=O)(=O)O. The molecule has 0 aliphatic rings. The van der Waals surface area contributed by atoms with Gasteiger partial charge in [-0.25, -0.2) is 15.5 Å². The van der Waals surface area contributed by atoms with Gasteiger partial charge in [0.15, 0.2) is 5.82 Å². The van der Waals surface area contributed by atoms with Crippen LogP contribution in [-0.2, 0) is 39.0 Å². The first-order valence-electron chi connectivity index (χ1n) is 11.4. The van der Waals surface area contributed by atoms with Crippen LogP contribution in [0.25, 0.3) is 0 Å². The highest BCUT2D eigenvalue weighted by molar-refractivity contribution is 7.94. The van der Waals surface area contributed by atoms with Crippen molar-refractivity contribution < 1.29 is 55.2 Å². The summed E-state index contributed by atoms with van der Waals surface area (Å²) in [6.07, 6.45) is 0. The van der Waals surface area contributed by atoms with Gasteiger partial charge in [0.1, 0.15) is 22.1 Å². The second kappa shape index (κ2) is 16.5. The van der Waals surface area contributed by atoms with Crippen molar-refractivity contribution in [2.45, 2.75) is 9.79 Å². The minimum atomic E-state index is -4.69. The van der Waals surface area contributed by atoms with Crippen LogP contribution in [0, 0.1) is 0 Å². The first-order valence-corrected chi connectivity index (χ1v) is 16.1. The van der Waals surface area contributed by atoms with E-state index in [-0.39, 0.29) is 64.6 Å². The van der Waals surface area contributed by atoms with Gasteiger partial charge in [0.05, 0.1) is 17.8 Å². The fraction of sp³-hybridized carbons (Fsp3) is 0.222. The van der Waals surface area contributed by atoms with Crippen LogP contribution < -0.4 is 21.7 Å². The highest BCUT2D eigenvalue weighted by Crippen LogP contribution is 2.33. The maximum absolute atomic E-state index is 11.7. The fourth-order valence-corrected chi connectivity index (χ4v) is 4.54. The lowest BCUT2D eigenvalue weighted by Gasteiger charge is -2.11. The Labute approximate surface area is 256 Å².